The van der Waals surface area contributed by atoms with E-state index in [1.165, 1.54) is 30.6 Å². The van der Waals surface area contributed by atoms with Crippen LogP contribution in [0.15, 0.2) is 61.4 Å². The molecule has 0 unspecified atom stereocenters. The van der Waals surface area contributed by atoms with E-state index >= 15 is 4.39 Å². The van der Waals surface area contributed by atoms with E-state index in [0.717, 1.165) is 12.8 Å². The summed E-state index contributed by atoms with van der Waals surface area (Å²) in [7, 11) is 0. The molecular weight excluding hydrogens is 466 g/mol. The summed E-state index contributed by atoms with van der Waals surface area (Å²) in [5, 5.41) is 5.15. The lowest BCUT2D eigenvalue weighted by atomic mass is 10.1. The molecule has 0 radical (unpaired) electrons. The van der Waals surface area contributed by atoms with Crippen molar-refractivity contribution in [2.24, 2.45) is 0 Å². The van der Waals surface area contributed by atoms with Gasteiger partial charge in [0.1, 0.15) is 41.8 Å². The molecule has 10 heteroatoms. The van der Waals surface area contributed by atoms with E-state index in [4.69, 9.17) is 15.6 Å². The molecule has 1 saturated heterocycles. The summed E-state index contributed by atoms with van der Waals surface area (Å²) in [5.41, 5.74) is 7.81. The van der Waals surface area contributed by atoms with Crippen LogP contribution in [0.5, 0.6) is 5.75 Å². The third-order valence-electron chi connectivity index (χ3n) is 6.24. The molecule has 1 fully saturated rings. The van der Waals surface area contributed by atoms with E-state index in [0.29, 0.717) is 41.1 Å². The van der Waals surface area contributed by atoms with Gasteiger partial charge in [-0.1, -0.05) is 18.7 Å². The standard InChI is InChI=1S/C26H24F2N6O2/c1-2-22(35)33-10-4-7-18(13-33)34-26-23(25(29)30-15-31-26)24(32-34)20-9-8-19(12-21(20)28)36-14-16-5-3-6-17(27)11-16/h2-3,5-6,8-9,11-12,15,18H,1,4,7,10,13-14H2,(H2,29,30,31)/t18-/m1/s1. The van der Waals surface area contributed by atoms with Gasteiger partial charge < -0.3 is 15.4 Å². The van der Waals surface area contributed by atoms with E-state index < -0.39 is 5.82 Å². The largest absolute Gasteiger partial charge is 0.489 e. The van der Waals surface area contributed by atoms with Gasteiger partial charge in [-0.2, -0.15) is 5.10 Å². The van der Waals surface area contributed by atoms with Crippen LogP contribution in [0, 0.1) is 11.6 Å². The molecule has 0 aliphatic carbocycles. The highest BCUT2D eigenvalue weighted by atomic mass is 19.1. The lowest BCUT2D eigenvalue weighted by Crippen LogP contribution is -2.40. The Morgan fingerprint density at radius 3 is 2.86 bits per heavy atom. The maximum Gasteiger partial charge on any atom is 0.246 e. The number of benzene rings is 2. The van der Waals surface area contributed by atoms with Gasteiger partial charge in [-0.25, -0.2) is 23.4 Å². The second-order valence-corrected chi connectivity index (χ2v) is 8.60. The Kier molecular flexibility index (Phi) is 6.32. The number of nitrogens with two attached hydrogens (primary N) is 1. The first-order valence-corrected chi connectivity index (χ1v) is 11.5. The molecule has 1 aliphatic heterocycles. The molecule has 36 heavy (non-hydrogen) atoms. The van der Waals surface area contributed by atoms with Crippen molar-refractivity contribution in [2.45, 2.75) is 25.5 Å². The number of piperidine rings is 1. The Labute approximate surface area is 206 Å². The van der Waals surface area contributed by atoms with Crippen LogP contribution in [0.4, 0.5) is 14.6 Å². The Balaban J connectivity index is 1.47. The van der Waals surface area contributed by atoms with Crippen LogP contribution in [0.2, 0.25) is 0 Å². The predicted molar refractivity (Wildman–Crippen MR) is 131 cm³/mol. The van der Waals surface area contributed by atoms with Crippen LogP contribution >= 0.6 is 0 Å². The highest BCUT2D eigenvalue weighted by Crippen LogP contribution is 2.35. The second-order valence-electron chi connectivity index (χ2n) is 8.60. The fraction of sp³-hybridized carbons (Fsp3) is 0.231. The lowest BCUT2D eigenvalue weighted by molar-refractivity contribution is -0.127. The Morgan fingerprint density at radius 2 is 2.08 bits per heavy atom. The van der Waals surface area contributed by atoms with Gasteiger partial charge in [0.05, 0.1) is 11.4 Å². The number of fused-ring (bicyclic) bond motifs is 1. The van der Waals surface area contributed by atoms with Crippen LogP contribution < -0.4 is 10.5 Å². The first kappa shape index (κ1) is 23.4. The molecule has 2 aromatic carbocycles. The zero-order chi connectivity index (χ0) is 25.2. The number of rotatable bonds is 6. The number of anilines is 1. The highest BCUT2D eigenvalue weighted by Gasteiger charge is 2.28. The fourth-order valence-corrected chi connectivity index (χ4v) is 4.49. The summed E-state index contributed by atoms with van der Waals surface area (Å²) in [6.45, 7) is 4.73. The minimum Gasteiger partial charge on any atom is -0.489 e. The minimum atomic E-state index is -0.561. The molecule has 2 aromatic heterocycles. The van der Waals surface area contributed by atoms with Crippen molar-refractivity contribution in [3.05, 3.63) is 78.6 Å². The molecule has 184 valence electrons. The zero-order valence-electron chi connectivity index (χ0n) is 19.4. The van der Waals surface area contributed by atoms with Gasteiger partial charge in [0.15, 0.2) is 5.65 Å². The van der Waals surface area contributed by atoms with Gasteiger partial charge in [0, 0.05) is 24.7 Å². The molecule has 1 aliphatic rings. The third kappa shape index (κ3) is 4.49. The number of ether oxygens (including phenoxy) is 1. The van der Waals surface area contributed by atoms with E-state index in [2.05, 4.69) is 16.5 Å². The molecule has 5 rings (SSSR count). The molecule has 8 nitrogen and oxygen atoms in total. The average molecular weight is 491 g/mol. The summed E-state index contributed by atoms with van der Waals surface area (Å²) >= 11 is 0. The average Bonchev–Trinajstić information content (AvgIpc) is 3.28. The van der Waals surface area contributed by atoms with Gasteiger partial charge in [-0.05, 0) is 48.7 Å². The Bertz CT molecular complexity index is 1450. The summed E-state index contributed by atoms with van der Waals surface area (Å²) < 4.78 is 36.1. The fourth-order valence-electron chi connectivity index (χ4n) is 4.49. The quantitative estimate of drug-likeness (QED) is 0.405. The van der Waals surface area contributed by atoms with E-state index in [1.807, 2.05) is 0 Å². The maximum absolute atomic E-state index is 15.3. The summed E-state index contributed by atoms with van der Waals surface area (Å²) in [5.74, 6) is -0.602. The number of nitrogens with zero attached hydrogens (tertiary/aromatic N) is 5. The summed E-state index contributed by atoms with van der Waals surface area (Å²) in [6.07, 6.45) is 4.20. The van der Waals surface area contributed by atoms with E-state index in [-0.39, 0.29) is 35.8 Å². The molecule has 1 atom stereocenters. The number of hydrogen-bond donors (Lipinski definition) is 1. The number of hydrogen-bond acceptors (Lipinski definition) is 6. The van der Waals surface area contributed by atoms with Crippen LogP contribution in [0.1, 0.15) is 24.4 Å². The maximum atomic E-state index is 15.3. The summed E-state index contributed by atoms with van der Waals surface area (Å²) in [6, 6.07) is 10.3. The third-order valence-corrected chi connectivity index (χ3v) is 6.24. The normalized spacial score (nSPS) is 15.7. The molecular formula is C26H24F2N6O2. The van der Waals surface area contributed by atoms with Gasteiger partial charge in [0.25, 0.3) is 0 Å². The first-order valence-electron chi connectivity index (χ1n) is 11.5. The molecule has 1 amide bonds. The van der Waals surface area contributed by atoms with Gasteiger partial charge >= 0.3 is 0 Å². The van der Waals surface area contributed by atoms with Crippen molar-refractivity contribution in [3.8, 4) is 17.0 Å². The van der Waals surface area contributed by atoms with Crippen LogP contribution in [-0.4, -0.2) is 43.6 Å². The lowest BCUT2D eigenvalue weighted by Gasteiger charge is -2.32. The second kappa shape index (κ2) is 9.73. The van der Waals surface area contributed by atoms with E-state index in [9.17, 15) is 9.18 Å². The smallest absolute Gasteiger partial charge is 0.246 e. The molecule has 3 heterocycles. The van der Waals surface area contributed by atoms with Crippen molar-refractivity contribution in [2.75, 3.05) is 18.8 Å². The van der Waals surface area contributed by atoms with Crippen molar-refractivity contribution in [3.63, 3.8) is 0 Å². The number of carbonyl (C=O) groups excluding carboxylic acids is 1. The van der Waals surface area contributed by atoms with Crippen molar-refractivity contribution in [1.82, 2.24) is 24.6 Å². The monoisotopic (exact) mass is 490 g/mol. The summed E-state index contributed by atoms with van der Waals surface area (Å²) in [4.78, 5) is 22.4. The van der Waals surface area contributed by atoms with E-state index in [1.54, 1.807) is 33.8 Å². The number of likely N-dealkylation sites (tertiary alicyclic amines) is 1. The van der Waals surface area contributed by atoms with Crippen molar-refractivity contribution in [1.29, 1.82) is 0 Å². The van der Waals surface area contributed by atoms with Crippen molar-refractivity contribution >= 4 is 22.8 Å². The number of halogens is 2. The van der Waals surface area contributed by atoms with Gasteiger partial charge in [-0.3, -0.25) is 4.79 Å². The van der Waals surface area contributed by atoms with Crippen LogP contribution in [0.3, 0.4) is 0 Å². The number of nitrogen functional groups attached to an aromatic ring is 1. The zero-order valence-corrected chi connectivity index (χ0v) is 19.4. The van der Waals surface area contributed by atoms with Crippen molar-refractivity contribution < 1.29 is 18.3 Å². The molecule has 0 spiro atoms. The highest BCUT2D eigenvalue weighted by molar-refractivity contribution is 5.98. The predicted octanol–water partition coefficient (Wildman–Crippen LogP) is 4.28. The number of amides is 1. The minimum absolute atomic E-state index is 0.0938. The molecule has 0 saturated carbocycles. The topological polar surface area (TPSA) is 99.2 Å². The Morgan fingerprint density at radius 1 is 1.22 bits per heavy atom. The number of aromatic nitrogens is 4. The molecule has 4 aromatic rings. The molecule has 0 bridgehead atoms. The van der Waals surface area contributed by atoms with Gasteiger partial charge in [-0.15, -0.1) is 0 Å². The van der Waals surface area contributed by atoms with Crippen LogP contribution in [-0.2, 0) is 11.4 Å². The Hall–Kier alpha value is -4.34. The van der Waals surface area contributed by atoms with Gasteiger partial charge in [0.2, 0.25) is 5.91 Å². The molecule has 2 N–H and O–H groups in total. The van der Waals surface area contributed by atoms with Crippen LogP contribution in [0.25, 0.3) is 22.3 Å². The SMILES string of the molecule is C=CC(=O)N1CCC[C@@H](n2nc(-c3ccc(OCc4cccc(F)c4)cc3F)c3c(N)ncnc32)C1. The number of carbonyl (C=O) groups is 1. The first-order chi connectivity index (χ1) is 17.4.